The molecule has 2 aromatic carbocycles. The fraction of sp³-hybridized carbons (Fsp3) is 0.360. The minimum absolute atomic E-state index is 0.211. The summed E-state index contributed by atoms with van der Waals surface area (Å²) < 4.78 is 29.5. The fourth-order valence-electron chi connectivity index (χ4n) is 5.23. The molecule has 3 nitrogen and oxygen atoms in total. The zero-order chi connectivity index (χ0) is 20.8. The van der Waals surface area contributed by atoms with E-state index in [0.29, 0.717) is 17.8 Å². The molecular weight excluding hydrogens is 380 g/mol. The van der Waals surface area contributed by atoms with Gasteiger partial charge in [0.15, 0.2) is 0 Å². The van der Waals surface area contributed by atoms with Crippen LogP contribution in [0.15, 0.2) is 48.7 Å². The summed E-state index contributed by atoms with van der Waals surface area (Å²) in [5, 5.41) is 0.936. The lowest BCUT2D eigenvalue weighted by atomic mass is 9.73. The molecule has 0 amide bonds. The molecule has 0 N–H and O–H groups in total. The van der Waals surface area contributed by atoms with E-state index in [1.807, 2.05) is 17.8 Å². The Morgan fingerprint density at radius 2 is 1.63 bits per heavy atom. The van der Waals surface area contributed by atoms with Crippen molar-refractivity contribution in [1.82, 2.24) is 14.5 Å². The van der Waals surface area contributed by atoms with E-state index in [4.69, 9.17) is 4.98 Å². The van der Waals surface area contributed by atoms with Gasteiger partial charge in [0.1, 0.15) is 17.5 Å². The smallest absolute Gasteiger partial charge is 0.125 e. The molecule has 154 valence electrons. The first kappa shape index (κ1) is 19.2. The van der Waals surface area contributed by atoms with Gasteiger partial charge in [0, 0.05) is 24.5 Å². The molecule has 5 rings (SSSR count). The Labute approximate surface area is 174 Å². The number of halogens is 2. The summed E-state index contributed by atoms with van der Waals surface area (Å²) in [5.74, 6) is 1.85. The number of pyridine rings is 1. The van der Waals surface area contributed by atoms with Gasteiger partial charge in [-0.2, -0.15) is 0 Å². The number of hydrogen-bond acceptors (Lipinski definition) is 2. The van der Waals surface area contributed by atoms with Crippen LogP contribution in [0.25, 0.3) is 21.9 Å². The van der Waals surface area contributed by atoms with Gasteiger partial charge in [-0.1, -0.05) is 6.92 Å². The first-order valence-electron chi connectivity index (χ1n) is 10.7. The van der Waals surface area contributed by atoms with Crippen LogP contribution in [-0.2, 0) is 7.05 Å². The molecule has 1 aliphatic carbocycles. The van der Waals surface area contributed by atoms with E-state index in [0.717, 1.165) is 53.4 Å². The highest BCUT2D eigenvalue weighted by Crippen LogP contribution is 2.43. The molecule has 0 bridgehead atoms. The van der Waals surface area contributed by atoms with Gasteiger partial charge in [0.05, 0.1) is 16.6 Å². The Morgan fingerprint density at radius 1 is 0.933 bits per heavy atom. The molecule has 0 radical (unpaired) electrons. The summed E-state index contributed by atoms with van der Waals surface area (Å²) in [4.78, 5) is 9.20. The molecular formula is C25H25F2N3. The monoisotopic (exact) mass is 405 g/mol. The normalized spacial score (nSPS) is 20.7. The lowest BCUT2D eigenvalue weighted by Gasteiger charge is -2.32. The molecule has 1 saturated carbocycles. The standard InChI is InChI=1S/C25H25F2N3/c1-15(25-29-23-10-8-19(27)14-24(23)30(25)2)16-3-5-17(6-4-16)20-11-12-28-22-9-7-18(26)13-21(20)22/h7-17H,3-6H2,1-2H3. The van der Waals surface area contributed by atoms with Gasteiger partial charge in [0.2, 0.25) is 0 Å². The number of fused-ring (bicyclic) bond motifs is 2. The van der Waals surface area contributed by atoms with E-state index >= 15 is 0 Å². The summed E-state index contributed by atoms with van der Waals surface area (Å²) in [6, 6.07) is 11.7. The first-order chi connectivity index (χ1) is 14.5. The quantitative estimate of drug-likeness (QED) is 0.391. The Morgan fingerprint density at radius 3 is 2.40 bits per heavy atom. The average Bonchev–Trinajstić information content (AvgIpc) is 3.09. The first-order valence-corrected chi connectivity index (χ1v) is 10.7. The third-order valence-electron chi connectivity index (χ3n) is 6.94. The maximum Gasteiger partial charge on any atom is 0.125 e. The highest BCUT2D eigenvalue weighted by molar-refractivity contribution is 5.82. The second kappa shape index (κ2) is 7.46. The van der Waals surface area contributed by atoms with Crippen molar-refractivity contribution in [2.45, 2.75) is 44.4 Å². The number of rotatable bonds is 3. The molecule has 0 saturated heterocycles. The third-order valence-corrected chi connectivity index (χ3v) is 6.94. The predicted molar refractivity (Wildman–Crippen MR) is 115 cm³/mol. The van der Waals surface area contributed by atoms with Gasteiger partial charge in [-0.15, -0.1) is 0 Å². The molecule has 1 atom stereocenters. The Kier molecular flexibility index (Phi) is 4.76. The van der Waals surface area contributed by atoms with Crippen molar-refractivity contribution in [3.63, 3.8) is 0 Å². The number of benzene rings is 2. The van der Waals surface area contributed by atoms with Crippen molar-refractivity contribution in [3.8, 4) is 0 Å². The minimum atomic E-state index is -0.230. The van der Waals surface area contributed by atoms with Gasteiger partial charge in [-0.05, 0) is 85.5 Å². The Balaban J connectivity index is 1.36. The summed E-state index contributed by atoms with van der Waals surface area (Å²) in [6.45, 7) is 2.24. The topological polar surface area (TPSA) is 30.7 Å². The van der Waals surface area contributed by atoms with Crippen LogP contribution in [-0.4, -0.2) is 14.5 Å². The second-order valence-electron chi connectivity index (χ2n) is 8.62. The molecule has 30 heavy (non-hydrogen) atoms. The summed E-state index contributed by atoms with van der Waals surface area (Å²) in [7, 11) is 1.98. The van der Waals surface area contributed by atoms with E-state index < -0.39 is 0 Å². The van der Waals surface area contributed by atoms with Crippen LogP contribution in [0.2, 0.25) is 0 Å². The second-order valence-corrected chi connectivity index (χ2v) is 8.62. The highest BCUT2D eigenvalue weighted by Gasteiger charge is 2.30. The summed E-state index contributed by atoms with van der Waals surface area (Å²) >= 11 is 0. The van der Waals surface area contributed by atoms with Crippen LogP contribution >= 0.6 is 0 Å². The van der Waals surface area contributed by atoms with Crippen LogP contribution in [0.1, 0.15) is 55.8 Å². The van der Waals surface area contributed by atoms with E-state index in [-0.39, 0.29) is 11.6 Å². The van der Waals surface area contributed by atoms with E-state index in [1.165, 1.54) is 17.7 Å². The minimum Gasteiger partial charge on any atom is -0.331 e. The number of aromatic nitrogens is 3. The fourth-order valence-corrected chi connectivity index (χ4v) is 5.23. The predicted octanol–water partition coefficient (Wildman–Crippen LogP) is 6.48. The summed E-state index contributed by atoms with van der Waals surface area (Å²) in [5.41, 5.74) is 3.76. The van der Waals surface area contributed by atoms with Crippen LogP contribution in [0.3, 0.4) is 0 Å². The van der Waals surface area contributed by atoms with Gasteiger partial charge >= 0.3 is 0 Å². The number of hydrogen-bond donors (Lipinski definition) is 0. The van der Waals surface area contributed by atoms with E-state index in [1.54, 1.807) is 24.3 Å². The highest BCUT2D eigenvalue weighted by atomic mass is 19.1. The molecule has 2 heterocycles. The number of aryl methyl sites for hydroxylation is 1. The SMILES string of the molecule is CC(c1nc2ccc(F)cc2n1C)C1CCC(c2ccnc3ccc(F)cc23)CC1. The van der Waals surface area contributed by atoms with E-state index in [9.17, 15) is 8.78 Å². The van der Waals surface area contributed by atoms with Crippen molar-refractivity contribution in [2.75, 3.05) is 0 Å². The molecule has 0 spiro atoms. The van der Waals surface area contributed by atoms with Gasteiger partial charge in [0.25, 0.3) is 0 Å². The van der Waals surface area contributed by atoms with Crippen molar-refractivity contribution >= 4 is 21.9 Å². The number of imidazole rings is 1. The molecule has 1 unspecified atom stereocenters. The lowest BCUT2D eigenvalue weighted by molar-refractivity contribution is 0.283. The molecule has 4 aromatic rings. The summed E-state index contributed by atoms with van der Waals surface area (Å²) in [6.07, 6.45) is 6.18. The molecule has 0 aliphatic heterocycles. The molecule has 2 aromatic heterocycles. The Hall–Kier alpha value is -2.82. The molecule has 1 fully saturated rings. The van der Waals surface area contributed by atoms with Crippen LogP contribution in [0.5, 0.6) is 0 Å². The maximum atomic E-state index is 13.8. The number of nitrogens with zero attached hydrogens (tertiary/aromatic N) is 3. The average molecular weight is 405 g/mol. The van der Waals surface area contributed by atoms with Crippen LogP contribution in [0, 0.1) is 17.6 Å². The van der Waals surface area contributed by atoms with Crippen molar-refractivity contribution in [2.24, 2.45) is 13.0 Å². The Bertz CT molecular complexity index is 1220. The zero-order valence-corrected chi connectivity index (χ0v) is 17.3. The lowest BCUT2D eigenvalue weighted by Crippen LogP contribution is -2.20. The van der Waals surface area contributed by atoms with Gasteiger partial charge < -0.3 is 4.57 Å². The maximum absolute atomic E-state index is 13.8. The van der Waals surface area contributed by atoms with Crippen LogP contribution in [0.4, 0.5) is 8.78 Å². The van der Waals surface area contributed by atoms with Crippen LogP contribution < -0.4 is 0 Å². The molecule has 5 heteroatoms. The van der Waals surface area contributed by atoms with Crippen molar-refractivity contribution in [1.29, 1.82) is 0 Å². The van der Waals surface area contributed by atoms with Crippen molar-refractivity contribution in [3.05, 3.63) is 71.7 Å². The van der Waals surface area contributed by atoms with Gasteiger partial charge in [-0.25, -0.2) is 13.8 Å². The zero-order valence-electron chi connectivity index (χ0n) is 17.3. The largest absolute Gasteiger partial charge is 0.331 e. The third kappa shape index (κ3) is 3.26. The van der Waals surface area contributed by atoms with Gasteiger partial charge in [-0.3, -0.25) is 4.98 Å². The van der Waals surface area contributed by atoms with Crippen molar-refractivity contribution < 1.29 is 8.78 Å². The molecule has 1 aliphatic rings. The van der Waals surface area contributed by atoms with E-state index in [2.05, 4.69) is 18.0 Å².